The Bertz CT molecular complexity index is 833. The minimum atomic E-state index is 0.0168. The van der Waals surface area contributed by atoms with Crippen LogP contribution in [0.25, 0.3) is 0 Å². The van der Waals surface area contributed by atoms with E-state index in [1.165, 1.54) is 0 Å². The number of aromatic nitrogens is 1. The van der Waals surface area contributed by atoms with Gasteiger partial charge in [-0.2, -0.15) is 0 Å². The Morgan fingerprint density at radius 2 is 2.17 bits per heavy atom. The molecule has 23 heavy (non-hydrogen) atoms. The summed E-state index contributed by atoms with van der Waals surface area (Å²) in [6.45, 7) is 5.81. The number of nitrogens with one attached hydrogen (secondary N) is 2. The van der Waals surface area contributed by atoms with Crippen molar-refractivity contribution < 1.29 is 9.59 Å². The van der Waals surface area contributed by atoms with Crippen molar-refractivity contribution in [3.05, 3.63) is 52.3 Å². The van der Waals surface area contributed by atoms with Crippen LogP contribution >= 0.6 is 0 Å². The summed E-state index contributed by atoms with van der Waals surface area (Å²) in [6.07, 6.45) is 2.59. The van der Waals surface area contributed by atoms with E-state index in [1.807, 2.05) is 32.0 Å². The monoisotopic (exact) mass is 310 g/mol. The van der Waals surface area contributed by atoms with Gasteiger partial charge < -0.3 is 10.7 Å². The second kappa shape index (κ2) is 5.72. The summed E-state index contributed by atoms with van der Waals surface area (Å²) < 4.78 is 1.80. The molecule has 0 saturated heterocycles. The Kier molecular flexibility index (Phi) is 3.73. The van der Waals surface area contributed by atoms with Crippen LogP contribution in [-0.4, -0.2) is 29.2 Å². The number of aliphatic imine (C=N–C) groups is 1. The van der Waals surface area contributed by atoms with Gasteiger partial charge in [-0.05, 0) is 38.0 Å². The van der Waals surface area contributed by atoms with Crippen LogP contribution in [0.5, 0.6) is 0 Å². The molecule has 0 radical (unpaired) electrons. The van der Waals surface area contributed by atoms with Crippen molar-refractivity contribution in [3.8, 4) is 0 Å². The molecule has 0 unspecified atom stereocenters. The lowest BCUT2D eigenvalue weighted by Gasteiger charge is -2.21. The van der Waals surface area contributed by atoms with Crippen molar-refractivity contribution in [1.82, 2.24) is 4.68 Å². The van der Waals surface area contributed by atoms with Gasteiger partial charge in [-0.1, -0.05) is 12.1 Å². The van der Waals surface area contributed by atoms with Gasteiger partial charge in [0.25, 0.3) is 0 Å². The van der Waals surface area contributed by atoms with Crippen molar-refractivity contribution in [3.63, 3.8) is 0 Å². The molecule has 0 amide bonds. The predicted molar refractivity (Wildman–Crippen MR) is 90.1 cm³/mol. The first-order valence-corrected chi connectivity index (χ1v) is 7.35. The molecular formula is C17H18N4O2. The number of Topliss-reactive ketones (excluding diaryl/α,β-unsaturated/α-hetero) is 1. The number of anilines is 1. The van der Waals surface area contributed by atoms with E-state index in [0.717, 1.165) is 28.8 Å². The van der Waals surface area contributed by atoms with E-state index in [9.17, 15) is 9.59 Å². The molecule has 0 atom stereocenters. The number of nitrogens with zero attached hydrogens (tertiary/aromatic N) is 2. The number of hydrogen-bond donors (Lipinski definition) is 2. The lowest BCUT2D eigenvalue weighted by atomic mass is 10.1. The first kappa shape index (κ1) is 15.0. The topological polar surface area (TPSA) is 75.5 Å². The molecule has 1 aromatic heterocycles. The molecule has 6 nitrogen and oxygen atoms in total. The molecule has 6 heteroatoms. The molecule has 3 rings (SSSR count). The minimum Gasteiger partial charge on any atom is -0.338 e. The lowest BCUT2D eigenvalue weighted by Crippen LogP contribution is -2.30. The highest BCUT2D eigenvalue weighted by molar-refractivity contribution is 6.10. The first-order valence-electron chi connectivity index (χ1n) is 7.35. The summed E-state index contributed by atoms with van der Waals surface area (Å²) >= 11 is 0. The number of rotatable bonds is 3. The van der Waals surface area contributed by atoms with Gasteiger partial charge >= 0.3 is 0 Å². The second-order valence-corrected chi connectivity index (χ2v) is 5.58. The van der Waals surface area contributed by atoms with E-state index >= 15 is 0 Å². The predicted octanol–water partition coefficient (Wildman–Crippen LogP) is 2.49. The fourth-order valence-electron chi connectivity index (χ4n) is 2.62. The van der Waals surface area contributed by atoms with Crippen molar-refractivity contribution in [1.29, 1.82) is 0 Å². The van der Waals surface area contributed by atoms with Gasteiger partial charge in [0.05, 0.1) is 0 Å². The lowest BCUT2D eigenvalue weighted by molar-refractivity contribution is 0.101. The number of aryl methyl sites for hydroxylation is 1. The molecule has 0 saturated carbocycles. The molecular weight excluding hydrogens is 292 g/mol. The van der Waals surface area contributed by atoms with Crippen LogP contribution in [0.1, 0.15) is 44.5 Å². The smallest absolute Gasteiger partial charge is 0.159 e. The average molecular weight is 310 g/mol. The number of aldehydes is 1. The normalized spacial score (nSPS) is 12.9. The maximum Gasteiger partial charge on any atom is 0.159 e. The third-order valence-electron chi connectivity index (χ3n) is 4.02. The van der Waals surface area contributed by atoms with Gasteiger partial charge in [-0.3, -0.25) is 14.3 Å². The quantitative estimate of drug-likeness (QED) is 0.674. The molecule has 1 aromatic carbocycles. The van der Waals surface area contributed by atoms with Gasteiger partial charge in [-0.25, -0.2) is 4.99 Å². The van der Waals surface area contributed by atoms with Gasteiger partial charge in [0.2, 0.25) is 0 Å². The summed E-state index contributed by atoms with van der Waals surface area (Å²) in [4.78, 5) is 27.2. The largest absolute Gasteiger partial charge is 0.338 e. The Morgan fingerprint density at radius 3 is 2.87 bits per heavy atom. The van der Waals surface area contributed by atoms with E-state index in [-0.39, 0.29) is 5.78 Å². The molecule has 2 heterocycles. The molecule has 2 N–H and O–H groups in total. The fourth-order valence-corrected chi connectivity index (χ4v) is 2.62. The number of fused-ring (bicyclic) bond motifs is 1. The molecule has 0 bridgehead atoms. The van der Waals surface area contributed by atoms with Gasteiger partial charge in [0.15, 0.2) is 17.9 Å². The van der Waals surface area contributed by atoms with Crippen molar-refractivity contribution >= 4 is 23.6 Å². The van der Waals surface area contributed by atoms with Crippen LogP contribution in [0.15, 0.2) is 29.4 Å². The summed E-state index contributed by atoms with van der Waals surface area (Å²) in [5.74, 6) is 0.696. The number of hydrogen-bond acceptors (Lipinski definition) is 5. The number of amidine groups is 1. The molecule has 0 aliphatic carbocycles. The molecule has 1 aliphatic rings. The maximum atomic E-state index is 11.6. The van der Waals surface area contributed by atoms with Gasteiger partial charge in [-0.15, -0.1) is 0 Å². The highest BCUT2D eigenvalue weighted by atomic mass is 16.1. The summed E-state index contributed by atoms with van der Waals surface area (Å²) in [5, 5.41) is 3.30. The van der Waals surface area contributed by atoms with E-state index in [2.05, 4.69) is 15.7 Å². The summed E-state index contributed by atoms with van der Waals surface area (Å²) in [6, 6.07) is 5.54. The Hall–Kier alpha value is -2.89. The number of carbonyl (C=O) groups is 2. The number of carbonyl (C=O) groups excluding carboxylic acids is 2. The maximum absolute atomic E-state index is 11.6. The van der Waals surface area contributed by atoms with Crippen molar-refractivity contribution in [2.24, 2.45) is 4.99 Å². The molecule has 0 fully saturated rings. The van der Waals surface area contributed by atoms with Crippen LogP contribution in [0.2, 0.25) is 0 Å². The van der Waals surface area contributed by atoms with E-state index in [0.29, 0.717) is 23.6 Å². The molecule has 0 spiro atoms. The SMILES string of the molecule is CC(=O)c1ccc(C)c(NC2=NCNn3cc(C=O)c(C)c32)c1. The molecule has 118 valence electrons. The van der Waals surface area contributed by atoms with Crippen LogP contribution < -0.4 is 10.7 Å². The highest BCUT2D eigenvalue weighted by Gasteiger charge is 2.20. The van der Waals surface area contributed by atoms with Gasteiger partial charge in [0, 0.05) is 23.0 Å². The third kappa shape index (κ3) is 2.63. The zero-order chi connectivity index (χ0) is 16.6. The first-order chi connectivity index (χ1) is 11.0. The number of ketones is 1. The van der Waals surface area contributed by atoms with Crippen LogP contribution in [-0.2, 0) is 0 Å². The average Bonchev–Trinajstić information content (AvgIpc) is 2.86. The van der Waals surface area contributed by atoms with E-state index in [1.54, 1.807) is 17.8 Å². The van der Waals surface area contributed by atoms with Crippen LogP contribution in [0, 0.1) is 13.8 Å². The van der Waals surface area contributed by atoms with Crippen molar-refractivity contribution in [2.45, 2.75) is 20.8 Å². The summed E-state index contributed by atoms with van der Waals surface area (Å²) in [7, 11) is 0. The Morgan fingerprint density at radius 1 is 1.39 bits per heavy atom. The van der Waals surface area contributed by atoms with E-state index < -0.39 is 0 Å². The Labute approximate surface area is 134 Å². The van der Waals surface area contributed by atoms with Gasteiger partial charge in [0.1, 0.15) is 12.4 Å². The molecule has 1 aliphatic heterocycles. The minimum absolute atomic E-state index is 0.0168. The van der Waals surface area contributed by atoms with Crippen LogP contribution in [0.4, 0.5) is 5.69 Å². The zero-order valence-corrected chi connectivity index (χ0v) is 13.3. The standard InChI is InChI=1S/C17H18N4O2/c1-10-4-5-13(12(3)23)6-15(10)20-17-16-11(2)14(8-22)7-21(16)19-9-18-17/h4-8,19H,9H2,1-3H3,(H,18,20). The fraction of sp³-hybridized carbons (Fsp3) is 0.235. The zero-order valence-electron chi connectivity index (χ0n) is 13.3. The Balaban J connectivity index is 2.01. The molecule has 2 aromatic rings. The van der Waals surface area contributed by atoms with Crippen LogP contribution in [0.3, 0.4) is 0 Å². The van der Waals surface area contributed by atoms with E-state index in [4.69, 9.17) is 0 Å². The van der Waals surface area contributed by atoms with Crippen molar-refractivity contribution in [2.75, 3.05) is 17.4 Å². The number of benzene rings is 1. The summed E-state index contributed by atoms with van der Waals surface area (Å²) in [5.41, 5.74) is 7.90. The highest BCUT2D eigenvalue weighted by Crippen LogP contribution is 2.22. The second-order valence-electron chi connectivity index (χ2n) is 5.58. The third-order valence-corrected chi connectivity index (χ3v) is 4.02.